The highest BCUT2D eigenvalue weighted by Gasteiger charge is 2.44. The van der Waals surface area contributed by atoms with Gasteiger partial charge in [-0.15, -0.1) is 0 Å². The summed E-state index contributed by atoms with van der Waals surface area (Å²) in [6.07, 6.45) is -9.20. The van der Waals surface area contributed by atoms with Crippen molar-refractivity contribution in [3.05, 3.63) is 95.1 Å². The molecule has 1 amide bonds. The van der Waals surface area contributed by atoms with Crippen LogP contribution in [0.25, 0.3) is 0 Å². The molecule has 36 heavy (non-hydrogen) atoms. The summed E-state index contributed by atoms with van der Waals surface area (Å²) in [4.78, 5) is 11.8. The molecule has 0 aliphatic heterocycles. The molecule has 0 aliphatic rings. The number of alkyl halides is 4. The number of nitrogens with one attached hydrogen (secondary N) is 1. The van der Waals surface area contributed by atoms with E-state index in [0.29, 0.717) is 18.0 Å². The predicted octanol–water partition coefficient (Wildman–Crippen LogP) is 6.22. The highest BCUT2D eigenvalue weighted by Crippen LogP contribution is 2.39. The number of amides is 1. The van der Waals surface area contributed by atoms with Gasteiger partial charge < -0.3 is 14.8 Å². The lowest BCUT2D eigenvalue weighted by molar-refractivity contribution is -0.253. The summed E-state index contributed by atoms with van der Waals surface area (Å²) in [5.74, 6) is -2.84. The van der Waals surface area contributed by atoms with Crippen molar-refractivity contribution in [3.63, 3.8) is 0 Å². The molecule has 0 aliphatic carbocycles. The zero-order valence-corrected chi connectivity index (χ0v) is 19.3. The van der Waals surface area contributed by atoms with E-state index >= 15 is 0 Å². The maximum Gasteiger partial charge on any atom is 0.461 e. The van der Waals surface area contributed by atoms with Crippen molar-refractivity contribution in [2.45, 2.75) is 44.4 Å². The zero-order valence-electron chi connectivity index (χ0n) is 19.3. The van der Waals surface area contributed by atoms with E-state index in [9.17, 15) is 31.1 Å². The van der Waals surface area contributed by atoms with Gasteiger partial charge in [0.25, 0.3) is 0 Å². The van der Waals surface area contributed by atoms with Crippen LogP contribution in [0.3, 0.4) is 0 Å². The van der Waals surface area contributed by atoms with Crippen LogP contribution >= 0.6 is 0 Å². The molecule has 3 rings (SSSR count). The van der Waals surface area contributed by atoms with Gasteiger partial charge in [0.15, 0.2) is 11.6 Å². The number of carbonyl (C=O) groups excluding carboxylic acids is 1. The molecular weight excluding hydrogens is 488 g/mol. The number of rotatable bonds is 11. The topological polar surface area (TPSA) is 47.6 Å². The lowest BCUT2D eigenvalue weighted by Gasteiger charge is -2.35. The molecule has 1 N–H and O–H groups in total. The van der Waals surface area contributed by atoms with Crippen molar-refractivity contribution < 1.29 is 40.6 Å². The van der Waals surface area contributed by atoms with E-state index in [0.717, 1.165) is 18.2 Å². The third-order valence-corrected chi connectivity index (χ3v) is 5.28. The molecule has 10 heteroatoms. The minimum atomic E-state index is -4.89. The first kappa shape index (κ1) is 26.9. The Morgan fingerprint density at radius 2 is 1.64 bits per heavy atom. The molecule has 3 aromatic carbocycles. The average Bonchev–Trinajstić information content (AvgIpc) is 2.79. The van der Waals surface area contributed by atoms with Crippen molar-refractivity contribution in [1.29, 1.82) is 0 Å². The van der Waals surface area contributed by atoms with Gasteiger partial charge in [0.1, 0.15) is 11.6 Å². The number of ether oxygens (including phenoxy) is 2. The Bertz CT molecular complexity index is 1190. The maximum absolute atomic E-state index is 14.6. The van der Waals surface area contributed by atoms with Crippen molar-refractivity contribution in [2.24, 2.45) is 0 Å². The second kappa shape index (κ2) is 10.9. The number of carbonyl (C=O) groups is 1. The van der Waals surface area contributed by atoms with Gasteiger partial charge in [-0.05, 0) is 54.8 Å². The van der Waals surface area contributed by atoms with Gasteiger partial charge in [-0.1, -0.05) is 36.4 Å². The monoisotopic (exact) mass is 511 g/mol. The van der Waals surface area contributed by atoms with E-state index in [4.69, 9.17) is 4.74 Å². The SMILES string of the molecule is CC(C)Oc1cc([C@@](Cc2ccccc2)(NC=O)c2cc(F)cc(OC(F)(F)C(F)F)c2)ccc1F. The van der Waals surface area contributed by atoms with Crippen LogP contribution in [0.1, 0.15) is 30.5 Å². The summed E-state index contributed by atoms with van der Waals surface area (Å²) in [5.41, 5.74) is -0.924. The van der Waals surface area contributed by atoms with E-state index < -0.39 is 41.6 Å². The van der Waals surface area contributed by atoms with Crippen LogP contribution in [0.2, 0.25) is 0 Å². The van der Waals surface area contributed by atoms with Gasteiger partial charge in [-0.3, -0.25) is 4.79 Å². The summed E-state index contributed by atoms with van der Waals surface area (Å²) in [5, 5.41) is 2.60. The predicted molar refractivity (Wildman–Crippen MR) is 120 cm³/mol. The van der Waals surface area contributed by atoms with E-state index in [1.165, 1.54) is 12.1 Å². The molecule has 0 aromatic heterocycles. The smallest absolute Gasteiger partial charge is 0.461 e. The minimum absolute atomic E-state index is 0.0482. The number of halogens is 6. The second-order valence-electron chi connectivity index (χ2n) is 8.28. The maximum atomic E-state index is 14.6. The van der Waals surface area contributed by atoms with Crippen LogP contribution in [0.15, 0.2) is 66.7 Å². The summed E-state index contributed by atoms with van der Waals surface area (Å²) in [7, 11) is 0. The lowest BCUT2D eigenvalue weighted by atomic mass is 9.77. The van der Waals surface area contributed by atoms with Gasteiger partial charge >= 0.3 is 12.5 Å². The Hall–Kier alpha value is -3.69. The van der Waals surface area contributed by atoms with Gasteiger partial charge in [0, 0.05) is 12.5 Å². The van der Waals surface area contributed by atoms with Crippen molar-refractivity contribution >= 4 is 6.41 Å². The molecule has 0 heterocycles. The largest absolute Gasteiger partial charge is 0.488 e. The number of hydrogen-bond donors (Lipinski definition) is 1. The van der Waals surface area contributed by atoms with Gasteiger partial charge in [0.05, 0.1) is 11.6 Å². The number of benzene rings is 3. The van der Waals surface area contributed by atoms with Crippen LogP contribution < -0.4 is 14.8 Å². The molecule has 0 saturated heterocycles. The summed E-state index contributed by atoms with van der Waals surface area (Å²) in [6, 6.07) is 14.7. The normalized spacial score (nSPS) is 13.4. The Morgan fingerprint density at radius 1 is 0.944 bits per heavy atom. The second-order valence-corrected chi connectivity index (χ2v) is 8.28. The third kappa shape index (κ3) is 6.10. The molecule has 0 bridgehead atoms. The molecule has 0 unspecified atom stereocenters. The van der Waals surface area contributed by atoms with Crippen molar-refractivity contribution in [2.75, 3.05) is 0 Å². The molecule has 0 spiro atoms. The van der Waals surface area contributed by atoms with Crippen LogP contribution in [0.4, 0.5) is 26.3 Å². The van der Waals surface area contributed by atoms with Gasteiger partial charge in [0.2, 0.25) is 6.41 Å². The van der Waals surface area contributed by atoms with Crippen molar-refractivity contribution in [3.8, 4) is 11.5 Å². The molecule has 4 nitrogen and oxygen atoms in total. The summed E-state index contributed by atoms with van der Waals surface area (Å²) in [6.45, 7) is 3.35. The Labute approximate surface area is 203 Å². The fraction of sp³-hybridized carbons (Fsp3) is 0.269. The van der Waals surface area contributed by atoms with Gasteiger partial charge in [-0.2, -0.15) is 17.6 Å². The first-order chi connectivity index (χ1) is 17.0. The van der Waals surface area contributed by atoms with Crippen LogP contribution in [0, 0.1) is 11.6 Å². The zero-order chi connectivity index (χ0) is 26.5. The fourth-order valence-electron chi connectivity index (χ4n) is 3.77. The Balaban J connectivity index is 2.26. The van der Waals surface area contributed by atoms with Crippen LogP contribution in [-0.4, -0.2) is 25.0 Å². The first-order valence-corrected chi connectivity index (χ1v) is 10.8. The van der Waals surface area contributed by atoms with E-state index in [1.807, 2.05) is 0 Å². The molecule has 0 fully saturated rings. The summed E-state index contributed by atoms with van der Waals surface area (Å²) < 4.78 is 91.4. The lowest BCUT2D eigenvalue weighted by Crippen LogP contribution is -2.45. The van der Waals surface area contributed by atoms with Crippen LogP contribution in [0.5, 0.6) is 11.5 Å². The van der Waals surface area contributed by atoms with E-state index in [-0.39, 0.29) is 23.3 Å². The standard InChI is InChI=1S/C26H23F6NO3/c1-16(2)35-23-12-18(8-9-22(23)28)25(33-15-34,14-17-6-4-3-5-7-17)19-10-20(27)13-21(11-19)36-26(31,32)24(29)30/h3-13,15-16,24H,14H2,1-2H3,(H,33,34)/t25-/m1/s1. The summed E-state index contributed by atoms with van der Waals surface area (Å²) >= 11 is 0. The third-order valence-electron chi connectivity index (χ3n) is 5.28. The van der Waals surface area contributed by atoms with E-state index in [1.54, 1.807) is 44.2 Å². The molecular formula is C26H23F6NO3. The van der Waals surface area contributed by atoms with Gasteiger partial charge in [-0.25, -0.2) is 8.78 Å². The number of hydrogen-bond acceptors (Lipinski definition) is 3. The molecule has 192 valence electrons. The molecule has 0 radical (unpaired) electrons. The first-order valence-electron chi connectivity index (χ1n) is 10.8. The van der Waals surface area contributed by atoms with Crippen LogP contribution in [-0.2, 0) is 16.8 Å². The Morgan fingerprint density at radius 3 is 2.25 bits per heavy atom. The molecule has 3 aromatic rings. The highest BCUT2D eigenvalue weighted by molar-refractivity contribution is 5.56. The van der Waals surface area contributed by atoms with E-state index in [2.05, 4.69) is 10.1 Å². The fourth-order valence-corrected chi connectivity index (χ4v) is 3.77. The quantitative estimate of drug-likeness (QED) is 0.246. The minimum Gasteiger partial charge on any atom is -0.488 e. The highest BCUT2D eigenvalue weighted by atomic mass is 19.3. The Kier molecular flexibility index (Phi) is 8.17. The molecule has 1 atom stereocenters. The molecule has 0 saturated carbocycles. The van der Waals surface area contributed by atoms with Crippen molar-refractivity contribution in [1.82, 2.24) is 5.32 Å². The average molecular weight is 511 g/mol.